The Hall–Kier alpha value is -2.40. The molecule has 25 heavy (non-hydrogen) atoms. The molecular weight excluding hydrogens is 317 g/mol. The molecule has 2 fully saturated rings. The third-order valence-corrected chi connectivity index (χ3v) is 5.17. The molecule has 2 aliphatic rings. The van der Waals surface area contributed by atoms with Crippen LogP contribution in [0.15, 0.2) is 54.6 Å². The molecule has 1 atom stereocenters. The molecule has 0 radical (unpaired) electrons. The van der Waals surface area contributed by atoms with E-state index in [1.807, 2.05) is 23.1 Å². The van der Waals surface area contributed by atoms with Crippen LogP contribution in [0.25, 0.3) is 0 Å². The van der Waals surface area contributed by atoms with Crippen LogP contribution < -0.4 is 10.2 Å². The molecule has 2 aliphatic heterocycles. The molecule has 2 amide bonds. The van der Waals surface area contributed by atoms with Crippen LogP contribution in [0.4, 0.5) is 14.9 Å². The number of rotatable bonds is 3. The fourth-order valence-corrected chi connectivity index (χ4v) is 3.89. The normalized spacial score (nSPS) is 21.8. The average molecular weight is 339 g/mol. The minimum atomic E-state index is -0.287. The number of carbonyl (C=O) groups excluding carboxylic acids is 1. The van der Waals surface area contributed by atoms with E-state index < -0.39 is 0 Å². The van der Waals surface area contributed by atoms with E-state index in [1.54, 1.807) is 17.0 Å². The first-order valence-electron chi connectivity index (χ1n) is 8.85. The molecule has 5 heteroatoms. The second-order valence-corrected chi connectivity index (χ2v) is 6.68. The Morgan fingerprint density at radius 1 is 0.960 bits per heavy atom. The lowest BCUT2D eigenvalue weighted by Crippen LogP contribution is -2.46. The Bertz CT molecular complexity index is 728. The van der Waals surface area contributed by atoms with E-state index in [-0.39, 0.29) is 23.9 Å². The SMILES string of the molecule is O=C1N(c2ccc(F)cc2)CC(c2ccccc2)N1C1CCNCC1. The van der Waals surface area contributed by atoms with Crippen molar-refractivity contribution in [2.45, 2.75) is 24.9 Å². The Balaban J connectivity index is 1.68. The number of nitrogens with zero attached hydrogens (tertiary/aromatic N) is 2. The van der Waals surface area contributed by atoms with Crippen LogP contribution in [-0.2, 0) is 0 Å². The van der Waals surface area contributed by atoms with Gasteiger partial charge in [0.2, 0.25) is 0 Å². The second kappa shape index (κ2) is 6.84. The summed E-state index contributed by atoms with van der Waals surface area (Å²) in [4.78, 5) is 17.0. The van der Waals surface area contributed by atoms with Crippen LogP contribution in [0.5, 0.6) is 0 Å². The van der Waals surface area contributed by atoms with Crippen LogP contribution in [0.1, 0.15) is 24.4 Å². The molecule has 2 heterocycles. The standard InChI is InChI=1S/C20H22FN3O/c21-16-6-8-17(9-7-16)23-14-19(15-4-2-1-3-5-15)24(20(23)25)18-10-12-22-13-11-18/h1-9,18-19,22H,10-14H2. The van der Waals surface area contributed by atoms with Gasteiger partial charge in [-0.3, -0.25) is 4.90 Å². The van der Waals surface area contributed by atoms with Crippen molar-refractivity contribution in [3.05, 3.63) is 66.0 Å². The van der Waals surface area contributed by atoms with Gasteiger partial charge >= 0.3 is 6.03 Å². The van der Waals surface area contributed by atoms with Crippen molar-refractivity contribution in [3.63, 3.8) is 0 Å². The number of urea groups is 1. The van der Waals surface area contributed by atoms with E-state index in [0.717, 1.165) is 37.2 Å². The summed E-state index contributed by atoms with van der Waals surface area (Å²) in [7, 11) is 0. The fraction of sp³-hybridized carbons (Fsp3) is 0.350. The van der Waals surface area contributed by atoms with Crippen molar-refractivity contribution in [2.75, 3.05) is 24.5 Å². The van der Waals surface area contributed by atoms with Crippen molar-refractivity contribution in [3.8, 4) is 0 Å². The third kappa shape index (κ3) is 3.12. The maximum Gasteiger partial charge on any atom is 0.325 e. The van der Waals surface area contributed by atoms with Crippen LogP contribution in [0, 0.1) is 5.82 Å². The van der Waals surface area contributed by atoms with E-state index in [0.29, 0.717) is 6.54 Å². The van der Waals surface area contributed by atoms with Gasteiger partial charge in [-0.2, -0.15) is 0 Å². The average Bonchev–Trinajstić information content (AvgIpc) is 3.01. The number of piperidine rings is 1. The molecule has 1 unspecified atom stereocenters. The number of benzene rings is 2. The van der Waals surface area contributed by atoms with Crippen LogP contribution >= 0.6 is 0 Å². The van der Waals surface area contributed by atoms with Gasteiger partial charge in [0.25, 0.3) is 0 Å². The van der Waals surface area contributed by atoms with Crippen molar-refractivity contribution in [2.24, 2.45) is 0 Å². The Kier molecular flexibility index (Phi) is 4.40. The molecule has 0 spiro atoms. The maximum absolute atomic E-state index is 13.3. The largest absolute Gasteiger partial charge is 0.325 e. The summed E-state index contributed by atoms with van der Waals surface area (Å²) in [5.74, 6) is -0.287. The summed E-state index contributed by atoms with van der Waals surface area (Å²) < 4.78 is 13.3. The summed E-state index contributed by atoms with van der Waals surface area (Å²) in [5.41, 5.74) is 1.91. The number of hydrogen-bond donors (Lipinski definition) is 1. The monoisotopic (exact) mass is 339 g/mol. The van der Waals surface area contributed by atoms with Gasteiger partial charge in [0, 0.05) is 11.7 Å². The zero-order chi connectivity index (χ0) is 17.2. The summed E-state index contributed by atoms with van der Waals surface area (Å²) >= 11 is 0. The van der Waals surface area contributed by atoms with Gasteiger partial charge in [0.05, 0.1) is 12.6 Å². The lowest BCUT2D eigenvalue weighted by atomic mass is 10.00. The quantitative estimate of drug-likeness (QED) is 0.928. The minimum absolute atomic E-state index is 0.0207. The van der Waals surface area contributed by atoms with Gasteiger partial charge in [0.1, 0.15) is 5.82 Å². The number of carbonyl (C=O) groups is 1. The van der Waals surface area contributed by atoms with E-state index in [4.69, 9.17) is 0 Å². The summed E-state index contributed by atoms with van der Waals surface area (Å²) in [6.45, 7) is 2.47. The molecule has 2 aromatic carbocycles. The lowest BCUT2D eigenvalue weighted by molar-refractivity contribution is 0.158. The minimum Gasteiger partial charge on any atom is -0.317 e. The highest BCUT2D eigenvalue weighted by Gasteiger charge is 2.42. The zero-order valence-electron chi connectivity index (χ0n) is 14.1. The summed E-state index contributed by atoms with van der Waals surface area (Å²) in [6, 6.07) is 16.7. The van der Waals surface area contributed by atoms with Gasteiger partial charge in [0.15, 0.2) is 0 Å². The topological polar surface area (TPSA) is 35.6 Å². The highest BCUT2D eigenvalue weighted by molar-refractivity contribution is 5.95. The van der Waals surface area contributed by atoms with Gasteiger partial charge in [-0.05, 0) is 55.8 Å². The molecule has 2 aromatic rings. The first-order valence-corrected chi connectivity index (χ1v) is 8.85. The third-order valence-electron chi connectivity index (χ3n) is 5.17. The molecule has 0 aromatic heterocycles. The van der Waals surface area contributed by atoms with Crippen molar-refractivity contribution < 1.29 is 9.18 Å². The molecule has 4 nitrogen and oxygen atoms in total. The zero-order valence-corrected chi connectivity index (χ0v) is 14.1. The van der Waals surface area contributed by atoms with Crippen LogP contribution in [0.3, 0.4) is 0 Å². The highest BCUT2D eigenvalue weighted by Crippen LogP contribution is 2.36. The molecule has 2 saturated heterocycles. The molecule has 0 bridgehead atoms. The van der Waals surface area contributed by atoms with E-state index in [9.17, 15) is 9.18 Å². The molecule has 0 aliphatic carbocycles. The Morgan fingerprint density at radius 3 is 2.32 bits per heavy atom. The smallest absolute Gasteiger partial charge is 0.317 e. The van der Waals surface area contributed by atoms with E-state index in [2.05, 4.69) is 17.4 Å². The van der Waals surface area contributed by atoms with Crippen LogP contribution in [0.2, 0.25) is 0 Å². The molecule has 1 N–H and O–H groups in total. The second-order valence-electron chi connectivity index (χ2n) is 6.68. The van der Waals surface area contributed by atoms with Crippen molar-refractivity contribution in [1.82, 2.24) is 10.2 Å². The molecule has 130 valence electrons. The lowest BCUT2D eigenvalue weighted by Gasteiger charge is -2.35. The number of nitrogens with one attached hydrogen (secondary N) is 1. The summed E-state index contributed by atoms with van der Waals surface area (Å²) in [5, 5.41) is 3.36. The van der Waals surface area contributed by atoms with Gasteiger partial charge in [-0.15, -0.1) is 0 Å². The number of anilines is 1. The predicted octanol–water partition coefficient (Wildman–Crippen LogP) is 3.56. The fourth-order valence-electron chi connectivity index (χ4n) is 3.89. The number of amides is 2. The van der Waals surface area contributed by atoms with E-state index in [1.165, 1.54) is 12.1 Å². The molecule has 4 rings (SSSR count). The predicted molar refractivity (Wildman–Crippen MR) is 96.1 cm³/mol. The number of halogens is 1. The maximum atomic E-state index is 13.3. The van der Waals surface area contributed by atoms with Crippen molar-refractivity contribution >= 4 is 11.7 Å². The van der Waals surface area contributed by atoms with E-state index >= 15 is 0 Å². The summed E-state index contributed by atoms with van der Waals surface area (Å²) in [6.07, 6.45) is 1.93. The Morgan fingerprint density at radius 2 is 1.64 bits per heavy atom. The Labute approximate surface area is 147 Å². The van der Waals surface area contributed by atoms with Gasteiger partial charge in [-0.25, -0.2) is 9.18 Å². The van der Waals surface area contributed by atoms with Crippen molar-refractivity contribution in [1.29, 1.82) is 0 Å². The van der Waals surface area contributed by atoms with Crippen LogP contribution in [-0.4, -0.2) is 36.6 Å². The van der Waals surface area contributed by atoms with Gasteiger partial charge < -0.3 is 10.2 Å². The first kappa shape index (κ1) is 16.1. The first-order chi connectivity index (χ1) is 12.2. The molecule has 0 saturated carbocycles. The number of hydrogen-bond acceptors (Lipinski definition) is 2. The van der Waals surface area contributed by atoms with Gasteiger partial charge in [-0.1, -0.05) is 30.3 Å². The molecular formula is C20H22FN3O. The highest BCUT2D eigenvalue weighted by atomic mass is 19.1.